The predicted molar refractivity (Wildman–Crippen MR) is 84.3 cm³/mol. The molecule has 3 aromatic rings. The van der Waals surface area contributed by atoms with Crippen LogP contribution >= 0.6 is 0 Å². The largest absolute Gasteiger partial charge is 0.459 e. The number of benzene rings is 2. The Bertz CT molecular complexity index is 847. The van der Waals surface area contributed by atoms with Gasteiger partial charge in [0.05, 0.1) is 11.8 Å². The van der Waals surface area contributed by atoms with Crippen LogP contribution in [0.3, 0.4) is 0 Å². The third-order valence-corrected chi connectivity index (χ3v) is 3.09. The van der Waals surface area contributed by atoms with E-state index in [1.807, 2.05) is 0 Å². The van der Waals surface area contributed by atoms with Crippen molar-refractivity contribution in [2.45, 2.75) is 0 Å². The van der Waals surface area contributed by atoms with Crippen LogP contribution in [0.1, 0.15) is 16.1 Å². The summed E-state index contributed by atoms with van der Waals surface area (Å²) in [6.45, 7) is 0. The molecule has 0 aliphatic carbocycles. The lowest BCUT2D eigenvalue weighted by Gasteiger charge is -2.08. The number of nitrogens with one attached hydrogen (secondary N) is 1. The molecular formula is C18H12N2O3. The summed E-state index contributed by atoms with van der Waals surface area (Å²) in [7, 11) is 0. The molecule has 0 saturated carbocycles. The first-order valence-electron chi connectivity index (χ1n) is 6.88. The highest BCUT2D eigenvalue weighted by atomic mass is 16.5. The van der Waals surface area contributed by atoms with Crippen molar-refractivity contribution in [1.82, 2.24) is 0 Å². The van der Waals surface area contributed by atoms with Gasteiger partial charge in [-0.1, -0.05) is 12.1 Å². The third-order valence-electron chi connectivity index (χ3n) is 3.09. The average molecular weight is 304 g/mol. The van der Waals surface area contributed by atoms with Crippen molar-refractivity contribution in [1.29, 1.82) is 5.26 Å². The molecule has 0 unspecified atom stereocenters. The third kappa shape index (κ3) is 3.39. The second-order valence-electron chi connectivity index (χ2n) is 4.67. The standard InChI is InChI=1S/C18H12N2O3/c19-12-13-4-1-2-5-16(13)23-15-9-7-14(8-10-15)20-18(21)17-6-3-11-22-17/h1-11H,(H,20,21). The molecule has 5 nitrogen and oxygen atoms in total. The summed E-state index contributed by atoms with van der Waals surface area (Å²) in [6, 6.07) is 19.2. The zero-order valence-corrected chi connectivity index (χ0v) is 12.0. The fraction of sp³-hybridized carbons (Fsp3) is 0. The van der Waals surface area contributed by atoms with E-state index in [9.17, 15) is 4.79 Å². The molecule has 0 aliphatic rings. The van der Waals surface area contributed by atoms with E-state index < -0.39 is 0 Å². The number of ether oxygens (including phenoxy) is 1. The molecule has 1 amide bonds. The number of carbonyl (C=O) groups is 1. The smallest absolute Gasteiger partial charge is 0.291 e. The zero-order chi connectivity index (χ0) is 16.1. The van der Waals surface area contributed by atoms with Crippen molar-refractivity contribution in [2.24, 2.45) is 0 Å². The van der Waals surface area contributed by atoms with Gasteiger partial charge in [0.2, 0.25) is 0 Å². The number of hydrogen-bond acceptors (Lipinski definition) is 4. The number of nitrogens with zero attached hydrogens (tertiary/aromatic N) is 1. The van der Waals surface area contributed by atoms with E-state index in [1.54, 1.807) is 60.7 Å². The average Bonchev–Trinajstić information content (AvgIpc) is 3.12. The maximum Gasteiger partial charge on any atom is 0.291 e. The van der Waals surface area contributed by atoms with E-state index in [1.165, 1.54) is 6.26 Å². The first kappa shape index (κ1) is 14.4. The normalized spacial score (nSPS) is 9.87. The van der Waals surface area contributed by atoms with Crippen molar-refractivity contribution in [2.75, 3.05) is 5.32 Å². The van der Waals surface area contributed by atoms with E-state index in [0.717, 1.165) is 0 Å². The number of nitriles is 1. The Balaban J connectivity index is 1.70. The molecule has 1 N–H and O–H groups in total. The van der Waals surface area contributed by atoms with Gasteiger partial charge in [0.25, 0.3) is 5.91 Å². The highest BCUT2D eigenvalue weighted by Crippen LogP contribution is 2.25. The number of anilines is 1. The highest BCUT2D eigenvalue weighted by Gasteiger charge is 2.09. The predicted octanol–water partition coefficient (Wildman–Crippen LogP) is 4.20. The Hall–Kier alpha value is -3.52. The fourth-order valence-electron chi connectivity index (χ4n) is 1.98. The second kappa shape index (κ2) is 6.50. The SMILES string of the molecule is N#Cc1ccccc1Oc1ccc(NC(=O)c2ccco2)cc1. The van der Waals surface area contributed by atoms with E-state index >= 15 is 0 Å². The van der Waals surface area contributed by atoms with Crippen LogP contribution < -0.4 is 10.1 Å². The molecule has 5 heteroatoms. The molecule has 1 heterocycles. The van der Waals surface area contributed by atoms with Crippen LogP contribution in [0.4, 0.5) is 5.69 Å². The van der Waals surface area contributed by atoms with Crippen molar-refractivity contribution >= 4 is 11.6 Å². The van der Waals surface area contributed by atoms with Crippen molar-refractivity contribution in [3.05, 3.63) is 78.3 Å². The Morgan fingerprint density at radius 3 is 2.52 bits per heavy atom. The summed E-state index contributed by atoms with van der Waals surface area (Å²) in [5, 5.41) is 11.8. The Morgan fingerprint density at radius 1 is 1.04 bits per heavy atom. The van der Waals surface area contributed by atoms with Gasteiger partial charge in [0.15, 0.2) is 5.76 Å². The van der Waals surface area contributed by atoms with Crippen LogP contribution in [0, 0.1) is 11.3 Å². The molecule has 0 bridgehead atoms. The number of hydrogen-bond donors (Lipinski definition) is 1. The maximum atomic E-state index is 11.9. The lowest BCUT2D eigenvalue weighted by molar-refractivity contribution is 0.0996. The van der Waals surface area contributed by atoms with Gasteiger partial charge >= 0.3 is 0 Å². The number of amides is 1. The summed E-state index contributed by atoms with van der Waals surface area (Å²) in [5.41, 5.74) is 1.08. The topological polar surface area (TPSA) is 75.3 Å². The molecule has 1 aromatic heterocycles. The van der Waals surface area contributed by atoms with E-state index in [0.29, 0.717) is 22.7 Å². The highest BCUT2D eigenvalue weighted by molar-refractivity contribution is 6.02. The number of furan rings is 1. The van der Waals surface area contributed by atoms with Crippen LogP contribution in [0.2, 0.25) is 0 Å². The summed E-state index contributed by atoms with van der Waals surface area (Å²) >= 11 is 0. The number of rotatable bonds is 4. The summed E-state index contributed by atoms with van der Waals surface area (Å²) in [6.07, 6.45) is 1.44. The molecule has 2 aromatic carbocycles. The van der Waals surface area contributed by atoms with Gasteiger partial charge < -0.3 is 14.5 Å². The first-order valence-corrected chi connectivity index (χ1v) is 6.88. The van der Waals surface area contributed by atoms with Crippen LogP contribution in [-0.2, 0) is 0 Å². The molecule has 0 radical (unpaired) electrons. The number of para-hydroxylation sites is 1. The molecular weight excluding hydrogens is 292 g/mol. The summed E-state index contributed by atoms with van der Waals surface area (Å²) in [4.78, 5) is 11.9. The van der Waals surface area contributed by atoms with Crippen molar-refractivity contribution < 1.29 is 13.9 Å². The van der Waals surface area contributed by atoms with Gasteiger partial charge in [-0.2, -0.15) is 5.26 Å². The zero-order valence-electron chi connectivity index (χ0n) is 12.0. The molecule has 0 atom stereocenters. The van der Waals surface area contributed by atoms with Crippen molar-refractivity contribution in [3.63, 3.8) is 0 Å². The molecule has 0 spiro atoms. The monoisotopic (exact) mass is 304 g/mol. The van der Waals surface area contributed by atoms with Crippen LogP contribution in [0.15, 0.2) is 71.3 Å². The first-order chi connectivity index (χ1) is 11.3. The van der Waals surface area contributed by atoms with Crippen LogP contribution in [-0.4, -0.2) is 5.91 Å². The van der Waals surface area contributed by atoms with Gasteiger partial charge in [0, 0.05) is 5.69 Å². The molecule has 0 fully saturated rings. The van der Waals surface area contributed by atoms with E-state index in [-0.39, 0.29) is 11.7 Å². The second-order valence-corrected chi connectivity index (χ2v) is 4.67. The minimum atomic E-state index is -0.321. The molecule has 3 rings (SSSR count). The van der Waals surface area contributed by atoms with E-state index in [2.05, 4.69) is 11.4 Å². The molecule has 23 heavy (non-hydrogen) atoms. The summed E-state index contributed by atoms with van der Waals surface area (Å²) in [5.74, 6) is 0.984. The minimum Gasteiger partial charge on any atom is -0.459 e. The van der Waals surface area contributed by atoms with Gasteiger partial charge in [-0.05, 0) is 48.5 Å². The maximum absolute atomic E-state index is 11.9. The lowest BCUT2D eigenvalue weighted by atomic mass is 10.2. The lowest BCUT2D eigenvalue weighted by Crippen LogP contribution is -2.10. The Kier molecular flexibility index (Phi) is 4.07. The van der Waals surface area contributed by atoms with E-state index in [4.69, 9.17) is 14.4 Å². The minimum absolute atomic E-state index is 0.244. The quantitative estimate of drug-likeness (QED) is 0.784. The Labute approximate surface area is 132 Å². The molecule has 0 saturated heterocycles. The van der Waals surface area contributed by atoms with Gasteiger partial charge in [0.1, 0.15) is 17.6 Å². The van der Waals surface area contributed by atoms with Gasteiger partial charge in [-0.15, -0.1) is 0 Å². The molecule has 0 aliphatic heterocycles. The van der Waals surface area contributed by atoms with Gasteiger partial charge in [-0.3, -0.25) is 4.79 Å². The van der Waals surface area contributed by atoms with Crippen LogP contribution in [0.5, 0.6) is 11.5 Å². The number of carbonyl (C=O) groups excluding carboxylic acids is 1. The van der Waals surface area contributed by atoms with Crippen LogP contribution in [0.25, 0.3) is 0 Å². The molecule has 112 valence electrons. The fourth-order valence-corrected chi connectivity index (χ4v) is 1.98. The van der Waals surface area contributed by atoms with Crippen molar-refractivity contribution in [3.8, 4) is 17.6 Å². The Morgan fingerprint density at radius 2 is 1.83 bits per heavy atom. The summed E-state index contributed by atoms with van der Waals surface area (Å²) < 4.78 is 10.7. The van der Waals surface area contributed by atoms with Gasteiger partial charge in [-0.25, -0.2) is 0 Å².